The van der Waals surface area contributed by atoms with Gasteiger partial charge in [0.05, 0.1) is 24.2 Å². The Kier molecular flexibility index (Phi) is 8.61. The van der Waals surface area contributed by atoms with Crippen LogP contribution >= 0.6 is 0 Å². The maximum Gasteiger partial charge on any atom is 0.416 e. The van der Waals surface area contributed by atoms with Crippen LogP contribution in [0.5, 0.6) is 5.75 Å². The average Bonchev–Trinajstić information content (AvgIpc) is 3.34. The van der Waals surface area contributed by atoms with Crippen LogP contribution in [0.1, 0.15) is 58.6 Å². The van der Waals surface area contributed by atoms with Crippen LogP contribution in [-0.4, -0.2) is 37.6 Å². The van der Waals surface area contributed by atoms with Gasteiger partial charge in [-0.05, 0) is 91.5 Å². The van der Waals surface area contributed by atoms with E-state index in [0.29, 0.717) is 36.4 Å². The largest absolute Gasteiger partial charge is 0.497 e. The van der Waals surface area contributed by atoms with Crippen molar-refractivity contribution in [2.24, 2.45) is 0 Å². The van der Waals surface area contributed by atoms with Crippen LogP contribution in [0.15, 0.2) is 72.8 Å². The van der Waals surface area contributed by atoms with Gasteiger partial charge in [-0.1, -0.05) is 48.6 Å². The zero-order valence-corrected chi connectivity index (χ0v) is 23.6. The monoisotopic (exact) mass is 602 g/mol. The predicted octanol–water partition coefficient (Wildman–Crippen LogP) is 7.58. The molecule has 3 aromatic rings. The molecule has 1 spiro atoms. The van der Waals surface area contributed by atoms with Gasteiger partial charge < -0.3 is 15.0 Å². The van der Waals surface area contributed by atoms with Crippen molar-refractivity contribution < 1.29 is 35.9 Å². The summed E-state index contributed by atoms with van der Waals surface area (Å²) in [5, 5.41) is 2.59. The van der Waals surface area contributed by atoms with E-state index in [9.17, 15) is 31.1 Å². The molecule has 0 aromatic heterocycles. The van der Waals surface area contributed by atoms with E-state index in [2.05, 4.69) is 40.6 Å². The number of hydrogen-bond acceptors (Lipinski definition) is 3. The van der Waals surface area contributed by atoms with Gasteiger partial charge >= 0.3 is 12.4 Å². The molecule has 1 aliphatic carbocycles. The summed E-state index contributed by atoms with van der Waals surface area (Å²) in [6.45, 7) is 1.80. The molecule has 2 aliphatic rings. The zero-order valence-electron chi connectivity index (χ0n) is 23.6. The predicted molar refractivity (Wildman–Crippen MR) is 151 cm³/mol. The highest BCUT2D eigenvalue weighted by molar-refractivity contribution is 5.83. The average molecular weight is 603 g/mol. The third-order valence-electron chi connectivity index (χ3n) is 8.51. The summed E-state index contributed by atoms with van der Waals surface area (Å²) in [5.41, 5.74) is 0.167. The Bertz CT molecular complexity index is 1440. The minimum Gasteiger partial charge on any atom is -0.497 e. The first-order chi connectivity index (χ1) is 20.4. The lowest BCUT2D eigenvalue weighted by atomic mass is 9.74. The second-order valence-corrected chi connectivity index (χ2v) is 11.2. The van der Waals surface area contributed by atoms with Crippen molar-refractivity contribution in [1.29, 1.82) is 0 Å². The molecule has 0 bridgehead atoms. The van der Waals surface area contributed by atoms with Gasteiger partial charge in [-0.2, -0.15) is 26.3 Å². The molecular weight excluding hydrogens is 570 g/mol. The minimum atomic E-state index is -4.96. The van der Waals surface area contributed by atoms with E-state index in [-0.39, 0.29) is 17.0 Å². The van der Waals surface area contributed by atoms with E-state index in [0.717, 1.165) is 25.9 Å². The van der Waals surface area contributed by atoms with E-state index in [1.165, 1.54) is 18.2 Å². The van der Waals surface area contributed by atoms with Crippen LogP contribution in [-0.2, 0) is 29.1 Å². The van der Waals surface area contributed by atoms with E-state index in [1.807, 2.05) is 6.07 Å². The van der Waals surface area contributed by atoms with Gasteiger partial charge in [-0.25, -0.2) is 0 Å². The quantitative estimate of drug-likeness (QED) is 0.270. The van der Waals surface area contributed by atoms with Crippen molar-refractivity contribution in [2.45, 2.75) is 49.5 Å². The third-order valence-corrected chi connectivity index (χ3v) is 8.51. The summed E-state index contributed by atoms with van der Waals surface area (Å²) in [7, 11) is 1.52. The van der Waals surface area contributed by atoms with E-state index < -0.39 is 41.8 Å². The van der Waals surface area contributed by atoms with Gasteiger partial charge in [0, 0.05) is 12.0 Å². The summed E-state index contributed by atoms with van der Waals surface area (Å²) in [6.07, 6.45) is -3.15. The van der Waals surface area contributed by atoms with E-state index in [4.69, 9.17) is 4.74 Å². The number of nitrogens with one attached hydrogen (secondary N) is 1. The Morgan fingerprint density at radius 2 is 1.56 bits per heavy atom. The van der Waals surface area contributed by atoms with Crippen LogP contribution in [0, 0.1) is 0 Å². The third kappa shape index (κ3) is 6.90. The number of nitrogens with zero attached hydrogens (tertiary/aromatic N) is 1. The molecule has 43 heavy (non-hydrogen) atoms. The molecule has 1 heterocycles. The van der Waals surface area contributed by atoms with Crippen LogP contribution in [0.3, 0.4) is 0 Å². The fourth-order valence-electron chi connectivity index (χ4n) is 6.08. The number of allylic oxidation sites excluding steroid dienone is 1. The molecule has 1 amide bonds. The number of piperidine rings is 1. The molecule has 228 valence electrons. The number of ether oxygens (including phenoxy) is 1. The number of hydrogen-bond donors (Lipinski definition) is 1. The standard InChI is InChI=1S/C33H32F6N2O2/c1-43-27-8-6-23(7-9-27)28(11-15-41-16-13-31(14-17-41)12-10-24-4-2-3-5-29(24)31)30(42)40-21-22-18-25(32(34,35)36)20-26(19-22)33(37,38)39/h2-10,12,18-20,28H,11,13-17,21H2,1H3,(H,40,42). The summed E-state index contributed by atoms with van der Waals surface area (Å²) < 4.78 is 85.1. The first-order valence-electron chi connectivity index (χ1n) is 14.1. The van der Waals surface area contributed by atoms with Crippen molar-refractivity contribution in [3.63, 3.8) is 0 Å². The molecule has 1 atom stereocenters. The molecule has 1 N–H and O–H groups in total. The second kappa shape index (κ2) is 12.1. The number of fused-ring (bicyclic) bond motifs is 2. The molecule has 10 heteroatoms. The van der Waals surface area contributed by atoms with Crippen molar-refractivity contribution in [3.8, 4) is 5.75 Å². The number of methoxy groups -OCH3 is 1. The fourth-order valence-corrected chi connectivity index (χ4v) is 6.08. The smallest absolute Gasteiger partial charge is 0.416 e. The van der Waals surface area contributed by atoms with Crippen LogP contribution in [0.2, 0.25) is 0 Å². The molecule has 0 radical (unpaired) electrons. The first-order valence-corrected chi connectivity index (χ1v) is 14.1. The zero-order chi connectivity index (χ0) is 30.8. The van der Waals surface area contributed by atoms with E-state index in [1.54, 1.807) is 24.3 Å². The lowest BCUT2D eigenvalue weighted by molar-refractivity contribution is -0.143. The summed E-state index contributed by atoms with van der Waals surface area (Å²) >= 11 is 0. The summed E-state index contributed by atoms with van der Waals surface area (Å²) in [4.78, 5) is 15.7. The molecule has 1 saturated heterocycles. The lowest BCUT2D eigenvalue weighted by Gasteiger charge is -2.39. The second-order valence-electron chi connectivity index (χ2n) is 11.2. The number of alkyl halides is 6. The van der Waals surface area contributed by atoms with Crippen molar-refractivity contribution in [1.82, 2.24) is 10.2 Å². The normalized spacial score (nSPS) is 17.1. The maximum absolute atomic E-state index is 13.4. The molecule has 1 unspecified atom stereocenters. The number of rotatable bonds is 8. The highest BCUT2D eigenvalue weighted by atomic mass is 19.4. The number of halogens is 6. The Morgan fingerprint density at radius 1 is 0.930 bits per heavy atom. The summed E-state index contributed by atoms with van der Waals surface area (Å²) in [5.74, 6) is -0.545. The minimum absolute atomic E-state index is 0.0140. The SMILES string of the molecule is COc1ccc(C(CCN2CCC3(C=Cc4ccccc43)CC2)C(=O)NCc2cc(C(F)(F)F)cc(C(F)(F)F)c2)cc1. The molecule has 1 fully saturated rings. The lowest BCUT2D eigenvalue weighted by Crippen LogP contribution is -2.42. The highest BCUT2D eigenvalue weighted by Gasteiger charge is 2.39. The molecule has 5 rings (SSSR count). The van der Waals surface area contributed by atoms with Gasteiger partial charge in [-0.15, -0.1) is 0 Å². The Morgan fingerprint density at radius 3 is 2.16 bits per heavy atom. The molecule has 0 saturated carbocycles. The van der Waals surface area contributed by atoms with E-state index >= 15 is 0 Å². The molecule has 3 aromatic carbocycles. The number of carbonyl (C=O) groups excluding carboxylic acids is 1. The Labute approximate surface area is 246 Å². The number of benzene rings is 3. The van der Waals surface area contributed by atoms with Crippen molar-refractivity contribution in [2.75, 3.05) is 26.7 Å². The molecular formula is C33H32F6N2O2. The van der Waals surface area contributed by atoms with Crippen LogP contribution in [0.4, 0.5) is 26.3 Å². The molecule has 4 nitrogen and oxygen atoms in total. The van der Waals surface area contributed by atoms with Crippen molar-refractivity contribution >= 4 is 12.0 Å². The molecule has 1 aliphatic heterocycles. The topological polar surface area (TPSA) is 41.6 Å². The maximum atomic E-state index is 13.4. The van der Waals surface area contributed by atoms with Crippen LogP contribution < -0.4 is 10.1 Å². The highest BCUT2D eigenvalue weighted by Crippen LogP contribution is 2.44. The van der Waals surface area contributed by atoms with Gasteiger partial charge in [0.1, 0.15) is 5.75 Å². The number of likely N-dealkylation sites (tertiary alicyclic amines) is 1. The van der Waals surface area contributed by atoms with Gasteiger partial charge in [0.2, 0.25) is 5.91 Å². The van der Waals surface area contributed by atoms with Gasteiger partial charge in [0.25, 0.3) is 0 Å². The fraction of sp³-hybridized carbons (Fsp3) is 0.364. The first kappa shape index (κ1) is 30.7. The van der Waals surface area contributed by atoms with Gasteiger partial charge in [0.15, 0.2) is 0 Å². The van der Waals surface area contributed by atoms with Crippen LogP contribution in [0.25, 0.3) is 6.08 Å². The number of amides is 1. The number of carbonyl (C=O) groups is 1. The van der Waals surface area contributed by atoms with Gasteiger partial charge in [-0.3, -0.25) is 4.79 Å². The Balaban J connectivity index is 1.28. The Hall–Kier alpha value is -3.79. The summed E-state index contributed by atoms with van der Waals surface area (Å²) in [6, 6.07) is 16.7. The van der Waals surface area contributed by atoms with Crippen molar-refractivity contribution in [3.05, 3.63) is 106 Å².